The average Bonchev–Trinajstić information content (AvgIpc) is 3.16. The van der Waals surface area contributed by atoms with Crippen LogP contribution in [0.5, 0.6) is 0 Å². The molecule has 0 aliphatic heterocycles. The summed E-state index contributed by atoms with van der Waals surface area (Å²) in [6.07, 6.45) is 2.27. The van der Waals surface area contributed by atoms with Crippen LogP contribution in [0, 0.1) is 5.82 Å². The number of rotatable bonds is 6. The highest BCUT2D eigenvalue weighted by atomic mass is 19.1. The van der Waals surface area contributed by atoms with E-state index in [0.717, 1.165) is 16.5 Å². The molecule has 2 aromatic carbocycles. The summed E-state index contributed by atoms with van der Waals surface area (Å²) >= 11 is 0. The van der Waals surface area contributed by atoms with Gasteiger partial charge in [0.2, 0.25) is 0 Å². The van der Waals surface area contributed by atoms with E-state index in [0.29, 0.717) is 17.9 Å². The number of hydrogen-bond donors (Lipinski definition) is 3. The molecule has 158 valence electrons. The number of para-hydroxylation sites is 1. The number of H-pyrrole nitrogens is 2. The van der Waals surface area contributed by atoms with Crippen LogP contribution in [0.2, 0.25) is 0 Å². The van der Waals surface area contributed by atoms with Gasteiger partial charge in [0, 0.05) is 35.5 Å². The summed E-state index contributed by atoms with van der Waals surface area (Å²) in [5.74, 6) is -0.626. The summed E-state index contributed by atoms with van der Waals surface area (Å²) < 4.78 is 14.2. The van der Waals surface area contributed by atoms with Crippen molar-refractivity contribution in [1.29, 1.82) is 0 Å². The molecule has 0 bridgehead atoms. The van der Waals surface area contributed by atoms with Gasteiger partial charge in [-0.05, 0) is 23.8 Å². The molecular formula is C24H23FN4O2. The molecule has 7 heteroatoms. The maximum atomic E-state index is 14.2. The Morgan fingerprint density at radius 3 is 2.65 bits per heavy atom. The van der Waals surface area contributed by atoms with Crippen molar-refractivity contribution in [2.75, 3.05) is 0 Å². The van der Waals surface area contributed by atoms with Crippen molar-refractivity contribution in [1.82, 2.24) is 20.3 Å². The van der Waals surface area contributed by atoms with Gasteiger partial charge in [0.1, 0.15) is 11.6 Å². The lowest BCUT2D eigenvalue weighted by molar-refractivity contribution is 0.0931. The maximum Gasteiger partial charge on any atom is 0.254 e. The van der Waals surface area contributed by atoms with Crippen LogP contribution in [0.3, 0.4) is 0 Å². The number of halogens is 1. The summed E-state index contributed by atoms with van der Waals surface area (Å²) in [5, 5.41) is 3.89. The van der Waals surface area contributed by atoms with Gasteiger partial charge < -0.3 is 15.3 Å². The number of hydrogen-bond acceptors (Lipinski definition) is 3. The van der Waals surface area contributed by atoms with Crippen molar-refractivity contribution in [2.45, 2.75) is 32.2 Å². The smallest absolute Gasteiger partial charge is 0.254 e. The maximum absolute atomic E-state index is 14.2. The predicted octanol–water partition coefficient (Wildman–Crippen LogP) is 4.23. The van der Waals surface area contributed by atoms with Crippen LogP contribution >= 0.6 is 0 Å². The van der Waals surface area contributed by atoms with E-state index in [9.17, 15) is 14.0 Å². The van der Waals surface area contributed by atoms with E-state index in [-0.39, 0.29) is 17.0 Å². The number of amides is 1. The number of nitrogens with one attached hydrogen (secondary N) is 3. The van der Waals surface area contributed by atoms with Crippen molar-refractivity contribution in [3.8, 4) is 0 Å². The van der Waals surface area contributed by atoms with Gasteiger partial charge >= 0.3 is 0 Å². The highest BCUT2D eigenvalue weighted by Crippen LogP contribution is 2.24. The molecule has 4 rings (SSSR count). The molecule has 0 saturated carbocycles. The summed E-state index contributed by atoms with van der Waals surface area (Å²) in [6.45, 7) is 3.85. The van der Waals surface area contributed by atoms with Crippen LogP contribution in [0.25, 0.3) is 10.9 Å². The highest BCUT2D eigenvalue weighted by molar-refractivity contribution is 5.94. The summed E-state index contributed by atoms with van der Waals surface area (Å²) in [5.41, 5.74) is 2.02. The van der Waals surface area contributed by atoms with Crippen molar-refractivity contribution in [3.63, 3.8) is 0 Å². The lowest BCUT2D eigenvalue weighted by Gasteiger charge is -2.19. The Bertz CT molecular complexity index is 1290. The summed E-state index contributed by atoms with van der Waals surface area (Å²) in [7, 11) is 0. The van der Waals surface area contributed by atoms with Crippen molar-refractivity contribution < 1.29 is 9.18 Å². The first kappa shape index (κ1) is 20.5. The molecule has 1 atom stereocenters. The normalized spacial score (nSPS) is 12.3. The topological polar surface area (TPSA) is 90.6 Å². The number of carbonyl (C=O) groups excluding carboxylic acids is 1. The van der Waals surface area contributed by atoms with Gasteiger partial charge in [-0.15, -0.1) is 0 Å². The summed E-state index contributed by atoms with van der Waals surface area (Å²) in [6, 6.07) is 14.4. The molecule has 0 aliphatic carbocycles. The number of carbonyl (C=O) groups is 1. The largest absolute Gasteiger partial charge is 0.361 e. The van der Waals surface area contributed by atoms with Crippen LogP contribution in [-0.4, -0.2) is 20.9 Å². The van der Waals surface area contributed by atoms with Crippen molar-refractivity contribution in [2.24, 2.45) is 0 Å². The van der Waals surface area contributed by atoms with Gasteiger partial charge in [-0.2, -0.15) is 0 Å². The molecule has 3 N–H and O–H groups in total. The first-order valence-corrected chi connectivity index (χ1v) is 10.1. The van der Waals surface area contributed by atoms with E-state index in [1.54, 1.807) is 6.07 Å². The molecule has 0 spiro atoms. The fourth-order valence-electron chi connectivity index (χ4n) is 3.58. The van der Waals surface area contributed by atoms with Gasteiger partial charge in [-0.25, -0.2) is 9.37 Å². The van der Waals surface area contributed by atoms with E-state index < -0.39 is 17.8 Å². The zero-order chi connectivity index (χ0) is 22.0. The van der Waals surface area contributed by atoms with Gasteiger partial charge in [0.15, 0.2) is 0 Å². The molecule has 0 fully saturated rings. The molecular weight excluding hydrogens is 395 g/mol. The van der Waals surface area contributed by atoms with E-state index in [1.807, 2.05) is 44.3 Å². The standard InChI is InChI=1S/C24H23FN4O2/c1-14(2)23-27-21(12-22(30)29-23)20(28-24(31)17-8-3-5-9-18(17)25)11-15-13-26-19-10-6-4-7-16(15)19/h3-10,12-14,20,26H,11H2,1-2H3,(H,28,31)(H,27,29,30)/t20-/m1/s1. The number of nitrogens with zero attached hydrogens (tertiary/aromatic N) is 1. The highest BCUT2D eigenvalue weighted by Gasteiger charge is 2.22. The van der Waals surface area contributed by atoms with Crippen LogP contribution in [0.4, 0.5) is 4.39 Å². The average molecular weight is 418 g/mol. The molecule has 4 aromatic rings. The third-order valence-electron chi connectivity index (χ3n) is 5.21. The van der Waals surface area contributed by atoms with Gasteiger partial charge in [-0.3, -0.25) is 9.59 Å². The minimum absolute atomic E-state index is 0.00339. The third-order valence-corrected chi connectivity index (χ3v) is 5.21. The lowest BCUT2D eigenvalue weighted by atomic mass is 10.0. The van der Waals surface area contributed by atoms with E-state index >= 15 is 0 Å². The second kappa shape index (κ2) is 8.55. The monoisotopic (exact) mass is 418 g/mol. The van der Waals surface area contributed by atoms with Crippen LogP contribution in [0.15, 0.2) is 65.6 Å². The number of aromatic nitrogens is 3. The zero-order valence-electron chi connectivity index (χ0n) is 17.3. The Hall–Kier alpha value is -3.74. The molecule has 0 unspecified atom stereocenters. The first-order valence-electron chi connectivity index (χ1n) is 10.1. The Balaban J connectivity index is 1.74. The van der Waals surface area contributed by atoms with Gasteiger partial charge in [0.25, 0.3) is 11.5 Å². The molecule has 0 saturated heterocycles. The van der Waals surface area contributed by atoms with Crippen molar-refractivity contribution >= 4 is 16.8 Å². The molecule has 2 heterocycles. The fourth-order valence-corrected chi connectivity index (χ4v) is 3.58. The molecule has 6 nitrogen and oxygen atoms in total. The van der Waals surface area contributed by atoms with Crippen LogP contribution in [-0.2, 0) is 6.42 Å². The van der Waals surface area contributed by atoms with E-state index in [2.05, 4.69) is 20.3 Å². The van der Waals surface area contributed by atoms with Crippen LogP contribution in [0.1, 0.15) is 53.2 Å². The second-order valence-corrected chi connectivity index (χ2v) is 7.78. The molecule has 1 amide bonds. The van der Waals surface area contributed by atoms with Gasteiger partial charge in [-0.1, -0.05) is 44.2 Å². The molecule has 0 aliphatic rings. The predicted molar refractivity (Wildman–Crippen MR) is 118 cm³/mol. The van der Waals surface area contributed by atoms with E-state index in [1.165, 1.54) is 24.3 Å². The second-order valence-electron chi connectivity index (χ2n) is 7.78. The number of benzene rings is 2. The Labute approximate surface area is 178 Å². The number of aromatic amines is 2. The van der Waals surface area contributed by atoms with Crippen LogP contribution < -0.4 is 10.9 Å². The number of fused-ring (bicyclic) bond motifs is 1. The van der Waals surface area contributed by atoms with E-state index in [4.69, 9.17) is 0 Å². The summed E-state index contributed by atoms with van der Waals surface area (Å²) in [4.78, 5) is 35.7. The minimum Gasteiger partial charge on any atom is -0.361 e. The lowest BCUT2D eigenvalue weighted by Crippen LogP contribution is -2.32. The molecule has 2 aromatic heterocycles. The fraction of sp³-hybridized carbons (Fsp3) is 0.208. The van der Waals surface area contributed by atoms with Gasteiger partial charge in [0.05, 0.1) is 17.3 Å². The Morgan fingerprint density at radius 2 is 1.87 bits per heavy atom. The molecule has 31 heavy (non-hydrogen) atoms. The quantitative estimate of drug-likeness (QED) is 0.438. The third kappa shape index (κ3) is 4.40. The van der Waals surface area contributed by atoms with Crippen molar-refractivity contribution in [3.05, 3.63) is 99.6 Å². The SMILES string of the molecule is CC(C)c1nc([C@@H](Cc2c[nH]c3ccccc23)NC(=O)c2ccccc2F)cc(=O)[nH]1. The Kier molecular flexibility index (Phi) is 5.66. The molecule has 0 radical (unpaired) electrons. The first-order chi connectivity index (χ1) is 14.9. The minimum atomic E-state index is -0.619. The Morgan fingerprint density at radius 1 is 1.13 bits per heavy atom. The zero-order valence-corrected chi connectivity index (χ0v) is 17.3.